The molecule has 0 aromatic heterocycles. The summed E-state index contributed by atoms with van der Waals surface area (Å²) in [5, 5.41) is 2.83. The van der Waals surface area contributed by atoms with E-state index in [2.05, 4.69) is 21.2 Å². The number of halogens is 1. The van der Waals surface area contributed by atoms with Crippen molar-refractivity contribution < 1.29 is 13.2 Å². The molecule has 0 aliphatic carbocycles. The van der Waals surface area contributed by atoms with Crippen LogP contribution in [-0.2, 0) is 21.2 Å². The van der Waals surface area contributed by atoms with Crippen molar-refractivity contribution in [2.24, 2.45) is 0 Å². The maximum atomic E-state index is 13.3. The highest BCUT2D eigenvalue weighted by Gasteiger charge is 2.26. The summed E-state index contributed by atoms with van der Waals surface area (Å²) in [5.74, 6) is -0.376. The Bertz CT molecular complexity index is 1130. The van der Waals surface area contributed by atoms with Crippen molar-refractivity contribution in [1.82, 2.24) is 4.31 Å². The second kappa shape index (κ2) is 10.2. The average molecular weight is 501 g/mol. The van der Waals surface area contributed by atoms with Crippen molar-refractivity contribution in [2.45, 2.75) is 25.2 Å². The minimum Gasteiger partial charge on any atom is -0.325 e. The minimum atomic E-state index is -3.84. The van der Waals surface area contributed by atoms with Gasteiger partial charge < -0.3 is 5.32 Å². The van der Waals surface area contributed by atoms with E-state index in [-0.39, 0.29) is 23.9 Å². The molecule has 0 spiro atoms. The third-order valence-electron chi connectivity index (χ3n) is 4.77. The van der Waals surface area contributed by atoms with Crippen LogP contribution in [0.2, 0.25) is 0 Å². The SMILES string of the molecule is Cc1cc(C)cc(NC(=O)CN(CCc2ccccc2)S(=O)(=O)c2ccc(Br)cc2)c1. The van der Waals surface area contributed by atoms with Gasteiger partial charge in [0.05, 0.1) is 11.4 Å². The largest absolute Gasteiger partial charge is 0.325 e. The van der Waals surface area contributed by atoms with E-state index in [1.54, 1.807) is 12.1 Å². The van der Waals surface area contributed by atoms with E-state index in [1.165, 1.54) is 16.4 Å². The van der Waals surface area contributed by atoms with E-state index in [0.29, 0.717) is 12.1 Å². The summed E-state index contributed by atoms with van der Waals surface area (Å²) in [5.41, 5.74) is 3.72. The Labute approximate surface area is 192 Å². The quantitative estimate of drug-likeness (QED) is 0.476. The highest BCUT2D eigenvalue weighted by molar-refractivity contribution is 9.10. The first-order valence-corrected chi connectivity index (χ1v) is 12.1. The lowest BCUT2D eigenvalue weighted by Crippen LogP contribution is -2.39. The second-order valence-corrected chi connectivity index (χ2v) is 10.3. The van der Waals surface area contributed by atoms with E-state index >= 15 is 0 Å². The normalized spacial score (nSPS) is 11.5. The van der Waals surface area contributed by atoms with E-state index in [0.717, 1.165) is 21.2 Å². The fourth-order valence-corrected chi connectivity index (χ4v) is 5.01. The van der Waals surface area contributed by atoms with Crippen LogP contribution in [0.25, 0.3) is 0 Å². The molecule has 0 radical (unpaired) electrons. The zero-order valence-corrected chi connectivity index (χ0v) is 19.9. The van der Waals surface area contributed by atoms with Crippen LogP contribution in [0, 0.1) is 13.8 Å². The van der Waals surface area contributed by atoms with Crippen LogP contribution in [-0.4, -0.2) is 31.7 Å². The van der Waals surface area contributed by atoms with Crippen LogP contribution in [0.4, 0.5) is 5.69 Å². The summed E-state index contributed by atoms with van der Waals surface area (Å²) in [6, 6.07) is 21.8. The molecule has 0 unspecified atom stereocenters. The van der Waals surface area contributed by atoms with Crippen molar-refractivity contribution in [3.05, 3.63) is 94.0 Å². The summed E-state index contributed by atoms with van der Waals surface area (Å²) < 4.78 is 28.6. The fraction of sp³-hybridized carbons (Fsp3) is 0.208. The van der Waals surface area contributed by atoms with Gasteiger partial charge in [0.25, 0.3) is 0 Å². The standard InChI is InChI=1S/C24H25BrN2O3S/c1-18-14-19(2)16-22(15-18)26-24(28)17-27(13-12-20-6-4-3-5-7-20)31(29,30)23-10-8-21(25)9-11-23/h3-11,14-16H,12-13,17H2,1-2H3,(H,26,28). The highest BCUT2D eigenvalue weighted by Crippen LogP contribution is 2.20. The number of amides is 1. The molecule has 31 heavy (non-hydrogen) atoms. The van der Waals surface area contributed by atoms with Gasteiger partial charge in [0.1, 0.15) is 0 Å². The minimum absolute atomic E-state index is 0.156. The van der Waals surface area contributed by atoms with Gasteiger partial charge in [0.2, 0.25) is 15.9 Å². The molecule has 0 heterocycles. The molecular weight excluding hydrogens is 476 g/mol. The number of hydrogen-bond donors (Lipinski definition) is 1. The molecule has 1 amide bonds. The summed E-state index contributed by atoms with van der Waals surface area (Å²) in [4.78, 5) is 12.9. The molecule has 3 aromatic carbocycles. The lowest BCUT2D eigenvalue weighted by molar-refractivity contribution is -0.116. The van der Waals surface area contributed by atoms with Crippen molar-refractivity contribution in [1.29, 1.82) is 0 Å². The fourth-order valence-electron chi connectivity index (χ4n) is 3.35. The van der Waals surface area contributed by atoms with E-state index in [1.807, 2.05) is 62.4 Å². The summed E-state index contributed by atoms with van der Waals surface area (Å²) in [7, 11) is -3.84. The Kier molecular flexibility index (Phi) is 7.64. The van der Waals surface area contributed by atoms with Crippen LogP contribution in [0.15, 0.2) is 82.2 Å². The third kappa shape index (κ3) is 6.50. The lowest BCUT2D eigenvalue weighted by Gasteiger charge is -2.22. The van der Waals surface area contributed by atoms with E-state index in [9.17, 15) is 13.2 Å². The number of nitrogens with zero attached hydrogens (tertiary/aromatic N) is 1. The summed E-state index contributed by atoms with van der Waals surface area (Å²) in [6.45, 7) is 3.83. The average Bonchev–Trinajstić information content (AvgIpc) is 2.71. The van der Waals surface area contributed by atoms with Gasteiger partial charge >= 0.3 is 0 Å². The number of rotatable bonds is 8. The first-order valence-electron chi connectivity index (χ1n) is 9.92. The summed E-state index contributed by atoms with van der Waals surface area (Å²) >= 11 is 3.33. The molecule has 0 aliphatic heterocycles. The first-order chi connectivity index (χ1) is 14.7. The third-order valence-corrected chi connectivity index (χ3v) is 7.16. The topological polar surface area (TPSA) is 66.5 Å². The zero-order valence-electron chi connectivity index (χ0n) is 17.5. The van der Waals surface area contributed by atoms with Gasteiger partial charge in [-0.25, -0.2) is 8.42 Å². The first kappa shape index (κ1) is 23.2. The molecule has 5 nitrogen and oxygen atoms in total. The van der Waals surface area contributed by atoms with Gasteiger partial charge in [-0.3, -0.25) is 4.79 Å². The number of carbonyl (C=O) groups excluding carboxylic acids is 1. The molecule has 3 aromatic rings. The Morgan fingerprint density at radius 1 is 0.935 bits per heavy atom. The monoisotopic (exact) mass is 500 g/mol. The molecule has 0 atom stereocenters. The molecule has 0 saturated carbocycles. The van der Waals surface area contributed by atoms with Crippen molar-refractivity contribution >= 4 is 37.5 Å². The number of nitrogens with one attached hydrogen (secondary N) is 1. The van der Waals surface area contributed by atoms with E-state index in [4.69, 9.17) is 0 Å². The van der Waals surface area contributed by atoms with Crippen LogP contribution in [0.3, 0.4) is 0 Å². The number of carbonyl (C=O) groups is 1. The molecule has 7 heteroatoms. The van der Waals surface area contributed by atoms with Gasteiger partial charge in [-0.15, -0.1) is 0 Å². The lowest BCUT2D eigenvalue weighted by atomic mass is 10.1. The Hall–Kier alpha value is -2.48. The van der Waals surface area contributed by atoms with E-state index < -0.39 is 10.0 Å². The van der Waals surface area contributed by atoms with Crippen molar-refractivity contribution in [2.75, 3.05) is 18.4 Å². The van der Waals surface area contributed by atoms with Crippen molar-refractivity contribution in [3.8, 4) is 0 Å². The molecular formula is C24H25BrN2O3S. The van der Waals surface area contributed by atoms with Crippen molar-refractivity contribution in [3.63, 3.8) is 0 Å². The number of anilines is 1. The van der Waals surface area contributed by atoms with Crippen LogP contribution in [0.5, 0.6) is 0 Å². The van der Waals surface area contributed by atoms with Gasteiger partial charge in [-0.05, 0) is 73.4 Å². The molecule has 3 rings (SSSR count). The van der Waals surface area contributed by atoms with Gasteiger partial charge in [0.15, 0.2) is 0 Å². The van der Waals surface area contributed by atoms with Crippen LogP contribution >= 0.6 is 15.9 Å². The number of aryl methyl sites for hydroxylation is 2. The number of hydrogen-bond acceptors (Lipinski definition) is 3. The predicted molar refractivity (Wildman–Crippen MR) is 128 cm³/mol. The Morgan fingerprint density at radius 3 is 2.16 bits per heavy atom. The highest BCUT2D eigenvalue weighted by atomic mass is 79.9. The predicted octanol–water partition coefficient (Wildman–Crippen LogP) is 4.94. The number of benzene rings is 3. The molecule has 0 saturated heterocycles. The maximum absolute atomic E-state index is 13.3. The summed E-state index contributed by atoms with van der Waals surface area (Å²) in [6.07, 6.45) is 0.507. The van der Waals surface area contributed by atoms with Crippen LogP contribution in [0.1, 0.15) is 16.7 Å². The molecule has 162 valence electrons. The molecule has 0 bridgehead atoms. The Balaban J connectivity index is 1.82. The second-order valence-electron chi connectivity index (χ2n) is 7.45. The maximum Gasteiger partial charge on any atom is 0.243 e. The molecule has 0 fully saturated rings. The zero-order chi connectivity index (χ0) is 22.4. The Morgan fingerprint density at radius 2 is 1.55 bits per heavy atom. The molecule has 1 N–H and O–H groups in total. The number of sulfonamides is 1. The van der Waals surface area contributed by atoms with Gasteiger partial charge in [-0.1, -0.05) is 52.3 Å². The smallest absolute Gasteiger partial charge is 0.243 e. The van der Waals surface area contributed by atoms with Crippen LogP contribution < -0.4 is 5.32 Å². The van der Waals surface area contributed by atoms with Gasteiger partial charge in [-0.2, -0.15) is 4.31 Å². The molecule has 0 aliphatic rings. The van der Waals surface area contributed by atoms with Gasteiger partial charge in [0, 0.05) is 16.7 Å².